The van der Waals surface area contributed by atoms with Gasteiger partial charge in [0.05, 0.1) is 5.69 Å². The van der Waals surface area contributed by atoms with Crippen LogP contribution in [0.15, 0.2) is 29.6 Å². The summed E-state index contributed by atoms with van der Waals surface area (Å²) in [7, 11) is 1.97. The lowest BCUT2D eigenvalue weighted by molar-refractivity contribution is 0.727. The lowest BCUT2D eigenvalue weighted by Crippen LogP contribution is -2.08. The summed E-state index contributed by atoms with van der Waals surface area (Å²) >= 11 is 1.63. The Hall–Kier alpha value is -1.86. The third-order valence-corrected chi connectivity index (χ3v) is 4.16. The molecule has 0 saturated carbocycles. The summed E-state index contributed by atoms with van der Waals surface area (Å²) in [4.78, 5) is 7.69. The number of H-pyrrole nitrogens is 1. The van der Waals surface area contributed by atoms with E-state index in [2.05, 4.69) is 26.2 Å². The predicted molar refractivity (Wildman–Crippen MR) is 79.4 cm³/mol. The molecule has 0 aliphatic carbocycles. The first-order chi connectivity index (χ1) is 9.78. The highest BCUT2D eigenvalue weighted by atomic mass is 32.2. The van der Waals surface area contributed by atoms with E-state index in [9.17, 15) is 0 Å². The monoisotopic (exact) mass is 288 g/mol. The first-order valence-electron chi connectivity index (χ1n) is 6.42. The normalized spacial score (nSPS) is 11.3. The molecule has 0 amide bonds. The van der Waals surface area contributed by atoms with Crippen LogP contribution in [-0.4, -0.2) is 31.3 Å². The molecule has 6 nitrogen and oxygen atoms in total. The molecule has 0 aromatic carbocycles. The van der Waals surface area contributed by atoms with Crippen molar-refractivity contribution in [2.24, 2.45) is 12.8 Å². The number of thioether (sulfide) groups is 1. The number of nitrogens with two attached hydrogens (primary N) is 1. The molecule has 3 N–H and O–H groups in total. The Bertz CT molecular complexity index is 717. The number of pyridine rings is 1. The van der Waals surface area contributed by atoms with Crippen molar-refractivity contribution in [2.75, 3.05) is 6.54 Å². The van der Waals surface area contributed by atoms with Gasteiger partial charge in [-0.05, 0) is 24.7 Å². The highest BCUT2D eigenvalue weighted by Gasteiger charge is 2.09. The number of aromatic nitrogens is 5. The molecule has 7 heteroatoms. The first-order valence-corrected chi connectivity index (χ1v) is 7.40. The second-order valence-corrected chi connectivity index (χ2v) is 5.45. The Morgan fingerprint density at radius 2 is 2.20 bits per heavy atom. The van der Waals surface area contributed by atoms with E-state index in [0.29, 0.717) is 6.54 Å². The second kappa shape index (κ2) is 5.64. The van der Waals surface area contributed by atoms with Crippen LogP contribution < -0.4 is 5.73 Å². The molecule has 3 rings (SSSR count). The third kappa shape index (κ3) is 2.54. The van der Waals surface area contributed by atoms with Crippen LogP contribution in [0.1, 0.15) is 11.5 Å². The van der Waals surface area contributed by atoms with Crippen molar-refractivity contribution in [3.63, 3.8) is 0 Å². The second-order valence-electron chi connectivity index (χ2n) is 4.50. The lowest BCUT2D eigenvalue weighted by atomic mass is 10.3. The highest BCUT2D eigenvalue weighted by molar-refractivity contribution is 7.98. The summed E-state index contributed by atoms with van der Waals surface area (Å²) in [6.45, 7) is 0.585. The van der Waals surface area contributed by atoms with E-state index in [-0.39, 0.29) is 0 Å². The number of hydrogen-bond acceptors (Lipinski definition) is 5. The van der Waals surface area contributed by atoms with Gasteiger partial charge in [-0.2, -0.15) is 0 Å². The van der Waals surface area contributed by atoms with Crippen molar-refractivity contribution in [3.05, 3.63) is 35.9 Å². The van der Waals surface area contributed by atoms with Gasteiger partial charge in [0.2, 0.25) is 0 Å². The Morgan fingerprint density at radius 3 is 3.05 bits per heavy atom. The van der Waals surface area contributed by atoms with Crippen LogP contribution >= 0.6 is 11.8 Å². The van der Waals surface area contributed by atoms with Gasteiger partial charge in [0.25, 0.3) is 0 Å². The predicted octanol–water partition coefficient (Wildman–Crippen LogP) is 1.48. The smallest absolute Gasteiger partial charge is 0.191 e. The fourth-order valence-corrected chi connectivity index (χ4v) is 2.84. The standard InChI is InChI=1S/C13H16N6S/c1-19-11(4-6-14)17-18-13(19)20-8-10-3-2-9-5-7-15-12(9)16-10/h2-3,5,7H,4,6,8,14H2,1H3,(H,15,16). The molecular weight excluding hydrogens is 272 g/mol. The topological polar surface area (TPSA) is 85.4 Å². The quantitative estimate of drug-likeness (QED) is 0.695. The maximum absolute atomic E-state index is 5.54. The Morgan fingerprint density at radius 1 is 1.30 bits per heavy atom. The van der Waals surface area contributed by atoms with Crippen LogP contribution in [0.2, 0.25) is 0 Å². The van der Waals surface area contributed by atoms with Crippen molar-refractivity contribution in [1.29, 1.82) is 0 Å². The molecule has 0 spiro atoms. The van der Waals surface area contributed by atoms with E-state index in [4.69, 9.17) is 5.73 Å². The zero-order valence-electron chi connectivity index (χ0n) is 11.2. The van der Waals surface area contributed by atoms with Crippen molar-refractivity contribution >= 4 is 22.8 Å². The van der Waals surface area contributed by atoms with E-state index in [1.165, 1.54) is 0 Å². The van der Waals surface area contributed by atoms with E-state index in [1.54, 1.807) is 11.8 Å². The van der Waals surface area contributed by atoms with E-state index in [1.807, 2.05) is 29.9 Å². The zero-order chi connectivity index (χ0) is 13.9. The van der Waals surface area contributed by atoms with E-state index < -0.39 is 0 Å². The average Bonchev–Trinajstić information content (AvgIpc) is 3.05. The van der Waals surface area contributed by atoms with Gasteiger partial charge in [-0.15, -0.1) is 10.2 Å². The largest absolute Gasteiger partial charge is 0.346 e. The SMILES string of the molecule is Cn1c(CCN)nnc1SCc1ccc2cc[nH]c2n1. The van der Waals surface area contributed by atoms with Crippen molar-refractivity contribution in [3.8, 4) is 0 Å². The first kappa shape index (κ1) is 13.1. The molecule has 20 heavy (non-hydrogen) atoms. The third-order valence-electron chi connectivity index (χ3n) is 3.11. The summed E-state index contributed by atoms with van der Waals surface area (Å²) in [6.07, 6.45) is 2.65. The molecule has 0 radical (unpaired) electrons. The molecule has 0 aliphatic rings. The minimum absolute atomic E-state index is 0.585. The van der Waals surface area contributed by atoms with Crippen molar-refractivity contribution in [2.45, 2.75) is 17.3 Å². The molecule has 3 aromatic rings. The van der Waals surface area contributed by atoms with Crippen LogP contribution in [0.25, 0.3) is 11.0 Å². The average molecular weight is 288 g/mol. The molecular formula is C13H16N6S. The van der Waals surface area contributed by atoms with Gasteiger partial charge in [0, 0.05) is 30.8 Å². The minimum Gasteiger partial charge on any atom is -0.346 e. The van der Waals surface area contributed by atoms with Crippen LogP contribution in [0.3, 0.4) is 0 Å². The summed E-state index contributed by atoms with van der Waals surface area (Å²) in [5.41, 5.74) is 7.49. The Balaban J connectivity index is 1.72. The van der Waals surface area contributed by atoms with Gasteiger partial charge in [0.1, 0.15) is 11.5 Å². The number of rotatable bonds is 5. The van der Waals surface area contributed by atoms with E-state index >= 15 is 0 Å². The summed E-state index contributed by atoms with van der Waals surface area (Å²) in [6, 6.07) is 6.13. The fraction of sp³-hybridized carbons (Fsp3) is 0.308. The minimum atomic E-state index is 0.585. The maximum Gasteiger partial charge on any atom is 0.191 e. The van der Waals surface area contributed by atoms with Crippen LogP contribution in [0, 0.1) is 0 Å². The number of aromatic amines is 1. The Kier molecular flexibility index (Phi) is 3.70. The zero-order valence-corrected chi connectivity index (χ0v) is 12.0. The van der Waals surface area contributed by atoms with Crippen LogP contribution in [0.4, 0.5) is 0 Å². The van der Waals surface area contributed by atoms with E-state index in [0.717, 1.165) is 39.9 Å². The number of hydrogen-bond donors (Lipinski definition) is 2. The molecule has 0 atom stereocenters. The summed E-state index contributed by atoms with van der Waals surface area (Å²) in [5.74, 6) is 1.69. The molecule has 0 fully saturated rings. The highest BCUT2D eigenvalue weighted by Crippen LogP contribution is 2.21. The molecule has 3 aromatic heterocycles. The molecule has 0 unspecified atom stereocenters. The molecule has 3 heterocycles. The number of fused-ring (bicyclic) bond motifs is 1. The Labute approximate surface area is 120 Å². The number of nitrogens with one attached hydrogen (secondary N) is 1. The van der Waals surface area contributed by atoms with Gasteiger partial charge in [-0.25, -0.2) is 4.98 Å². The fourth-order valence-electron chi connectivity index (χ4n) is 2.01. The van der Waals surface area contributed by atoms with Gasteiger partial charge >= 0.3 is 0 Å². The van der Waals surface area contributed by atoms with Gasteiger partial charge in [-0.1, -0.05) is 11.8 Å². The maximum atomic E-state index is 5.54. The van der Waals surface area contributed by atoms with Gasteiger partial charge in [-0.3, -0.25) is 0 Å². The lowest BCUT2D eigenvalue weighted by Gasteiger charge is -2.03. The van der Waals surface area contributed by atoms with Crippen LogP contribution in [-0.2, 0) is 19.2 Å². The summed E-state index contributed by atoms with van der Waals surface area (Å²) in [5, 5.41) is 10.3. The molecule has 0 saturated heterocycles. The van der Waals surface area contributed by atoms with Gasteiger partial charge in [0.15, 0.2) is 5.16 Å². The molecule has 0 bridgehead atoms. The summed E-state index contributed by atoms with van der Waals surface area (Å²) < 4.78 is 1.99. The van der Waals surface area contributed by atoms with Gasteiger partial charge < -0.3 is 15.3 Å². The van der Waals surface area contributed by atoms with Crippen molar-refractivity contribution < 1.29 is 0 Å². The van der Waals surface area contributed by atoms with Crippen LogP contribution in [0.5, 0.6) is 0 Å². The molecule has 104 valence electrons. The molecule has 0 aliphatic heterocycles. The van der Waals surface area contributed by atoms with Crippen molar-refractivity contribution in [1.82, 2.24) is 24.7 Å². The number of nitrogens with zero attached hydrogens (tertiary/aromatic N) is 4.